The van der Waals surface area contributed by atoms with Gasteiger partial charge in [-0.15, -0.1) is 11.3 Å². The van der Waals surface area contributed by atoms with E-state index in [2.05, 4.69) is 32.2 Å². The third-order valence-corrected chi connectivity index (χ3v) is 3.34. The lowest BCUT2D eigenvalue weighted by Gasteiger charge is -2.24. The second kappa shape index (κ2) is 4.59. The van der Waals surface area contributed by atoms with E-state index in [0.29, 0.717) is 0 Å². The number of nitrogens with one attached hydrogen (secondary N) is 1. The van der Waals surface area contributed by atoms with Crippen LogP contribution in [0.15, 0.2) is 11.4 Å². The smallest absolute Gasteiger partial charge is 0.100 e. The Bertz CT molecular complexity index is 333. The van der Waals surface area contributed by atoms with Gasteiger partial charge in [-0.05, 0) is 26.3 Å². The molecule has 0 unspecified atom stereocenters. The van der Waals surface area contributed by atoms with Gasteiger partial charge in [0.1, 0.15) is 6.07 Å². The highest BCUT2D eigenvalue weighted by atomic mass is 32.1. The van der Waals surface area contributed by atoms with Crippen LogP contribution < -0.4 is 5.32 Å². The molecule has 0 saturated heterocycles. The number of hydrogen-bond acceptors (Lipinski definition) is 3. The maximum Gasteiger partial charge on any atom is 0.100 e. The highest BCUT2D eigenvalue weighted by Gasteiger charge is 2.13. The van der Waals surface area contributed by atoms with Crippen molar-refractivity contribution in [1.82, 2.24) is 5.32 Å². The molecule has 0 radical (unpaired) electrons. The lowest BCUT2D eigenvalue weighted by molar-refractivity contribution is 0.376. The standard InChI is InChI=1S/C11H16N2S/c1-4-11(2,3)13-7-10-5-9(6-12)8-14-10/h5,8,13H,4,7H2,1-3H3. The van der Waals surface area contributed by atoms with E-state index in [0.717, 1.165) is 18.5 Å². The Morgan fingerprint density at radius 2 is 2.29 bits per heavy atom. The second-order valence-electron chi connectivity index (χ2n) is 4.00. The van der Waals surface area contributed by atoms with Crippen LogP contribution in [0.4, 0.5) is 0 Å². The van der Waals surface area contributed by atoms with Crippen LogP contribution >= 0.6 is 11.3 Å². The van der Waals surface area contributed by atoms with Gasteiger partial charge in [0, 0.05) is 22.3 Å². The van der Waals surface area contributed by atoms with Crippen LogP contribution in [0.2, 0.25) is 0 Å². The van der Waals surface area contributed by atoms with Crippen LogP contribution in [0.5, 0.6) is 0 Å². The molecule has 1 heterocycles. The summed E-state index contributed by atoms with van der Waals surface area (Å²) in [6.07, 6.45) is 1.10. The Hall–Kier alpha value is -0.850. The Kier molecular flexibility index (Phi) is 3.68. The molecule has 1 aromatic rings. The third-order valence-electron chi connectivity index (χ3n) is 2.41. The average molecular weight is 208 g/mol. The summed E-state index contributed by atoms with van der Waals surface area (Å²) in [7, 11) is 0. The van der Waals surface area contributed by atoms with Crippen molar-refractivity contribution in [2.75, 3.05) is 0 Å². The molecule has 2 nitrogen and oxygen atoms in total. The van der Waals surface area contributed by atoms with Crippen molar-refractivity contribution in [3.63, 3.8) is 0 Å². The summed E-state index contributed by atoms with van der Waals surface area (Å²) < 4.78 is 0. The maximum absolute atomic E-state index is 8.66. The zero-order chi connectivity index (χ0) is 10.6. The molecule has 0 bridgehead atoms. The Balaban J connectivity index is 2.50. The number of rotatable bonds is 4. The van der Waals surface area contributed by atoms with E-state index in [1.807, 2.05) is 11.4 Å². The van der Waals surface area contributed by atoms with Crippen LogP contribution in [-0.4, -0.2) is 5.54 Å². The van der Waals surface area contributed by atoms with Gasteiger partial charge in [0.2, 0.25) is 0 Å². The van der Waals surface area contributed by atoms with E-state index in [1.165, 1.54) is 4.88 Å². The van der Waals surface area contributed by atoms with Gasteiger partial charge in [-0.2, -0.15) is 5.26 Å². The van der Waals surface area contributed by atoms with Crippen molar-refractivity contribution in [3.8, 4) is 6.07 Å². The van der Waals surface area contributed by atoms with Gasteiger partial charge in [-0.25, -0.2) is 0 Å². The molecule has 0 amide bonds. The minimum atomic E-state index is 0.177. The zero-order valence-corrected chi connectivity index (χ0v) is 9.74. The van der Waals surface area contributed by atoms with Crippen molar-refractivity contribution in [3.05, 3.63) is 21.9 Å². The lowest BCUT2D eigenvalue weighted by Crippen LogP contribution is -2.37. The molecule has 0 saturated carbocycles. The molecular formula is C11H16N2S. The summed E-state index contributed by atoms with van der Waals surface area (Å²) >= 11 is 1.64. The molecule has 1 N–H and O–H groups in total. The molecule has 0 aromatic carbocycles. The molecule has 14 heavy (non-hydrogen) atoms. The molecule has 0 fully saturated rings. The lowest BCUT2D eigenvalue weighted by atomic mass is 10.0. The Labute approximate surface area is 89.6 Å². The predicted octanol–water partition coefficient (Wildman–Crippen LogP) is 2.90. The first-order valence-corrected chi connectivity index (χ1v) is 5.68. The highest BCUT2D eigenvalue weighted by Crippen LogP contribution is 2.15. The Morgan fingerprint density at radius 3 is 2.79 bits per heavy atom. The Morgan fingerprint density at radius 1 is 1.57 bits per heavy atom. The SMILES string of the molecule is CCC(C)(C)NCc1cc(C#N)cs1. The number of thiophene rings is 1. The molecule has 0 atom stereocenters. The van der Waals surface area contributed by atoms with Gasteiger partial charge in [-0.1, -0.05) is 6.92 Å². The summed E-state index contributed by atoms with van der Waals surface area (Å²) in [5, 5.41) is 14.0. The van der Waals surface area contributed by atoms with E-state index < -0.39 is 0 Å². The normalized spacial score (nSPS) is 11.3. The zero-order valence-electron chi connectivity index (χ0n) is 8.92. The van der Waals surface area contributed by atoms with Crippen molar-refractivity contribution < 1.29 is 0 Å². The van der Waals surface area contributed by atoms with E-state index >= 15 is 0 Å². The largest absolute Gasteiger partial charge is 0.307 e. The summed E-state index contributed by atoms with van der Waals surface area (Å²) in [5.41, 5.74) is 0.942. The summed E-state index contributed by atoms with van der Waals surface area (Å²) in [4.78, 5) is 1.23. The first-order valence-electron chi connectivity index (χ1n) is 4.80. The van der Waals surface area contributed by atoms with Crippen molar-refractivity contribution >= 4 is 11.3 Å². The first-order chi connectivity index (χ1) is 6.57. The van der Waals surface area contributed by atoms with Crippen LogP contribution in [0.1, 0.15) is 37.6 Å². The van der Waals surface area contributed by atoms with Gasteiger partial charge < -0.3 is 5.32 Å². The topological polar surface area (TPSA) is 35.8 Å². The fourth-order valence-corrected chi connectivity index (χ4v) is 1.73. The van der Waals surface area contributed by atoms with Crippen LogP contribution in [0, 0.1) is 11.3 Å². The minimum absolute atomic E-state index is 0.177. The summed E-state index contributed by atoms with van der Waals surface area (Å²) in [6, 6.07) is 4.09. The van der Waals surface area contributed by atoms with Crippen LogP contribution in [-0.2, 0) is 6.54 Å². The molecule has 0 aliphatic rings. The number of nitrogens with zero attached hydrogens (tertiary/aromatic N) is 1. The quantitative estimate of drug-likeness (QED) is 0.826. The third kappa shape index (κ3) is 3.13. The molecule has 0 spiro atoms. The second-order valence-corrected chi connectivity index (χ2v) is 5.00. The monoisotopic (exact) mass is 208 g/mol. The average Bonchev–Trinajstić information content (AvgIpc) is 2.63. The van der Waals surface area contributed by atoms with Crippen molar-refractivity contribution in [2.45, 2.75) is 39.3 Å². The van der Waals surface area contributed by atoms with Gasteiger partial charge in [-0.3, -0.25) is 0 Å². The fourth-order valence-electron chi connectivity index (χ4n) is 0.983. The summed E-state index contributed by atoms with van der Waals surface area (Å²) in [6.45, 7) is 7.40. The molecule has 76 valence electrons. The molecule has 1 rings (SSSR count). The molecule has 1 aromatic heterocycles. The molecule has 0 aliphatic heterocycles. The first kappa shape index (κ1) is 11.2. The van der Waals surface area contributed by atoms with Crippen molar-refractivity contribution in [2.24, 2.45) is 0 Å². The minimum Gasteiger partial charge on any atom is -0.307 e. The number of hydrogen-bond donors (Lipinski definition) is 1. The van der Waals surface area contributed by atoms with Crippen LogP contribution in [0.3, 0.4) is 0 Å². The van der Waals surface area contributed by atoms with Crippen LogP contribution in [0.25, 0.3) is 0 Å². The van der Waals surface area contributed by atoms with Gasteiger partial charge in [0.15, 0.2) is 0 Å². The fraction of sp³-hybridized carbons (Fsp3) is 0.545. The van der Waals surface area contributed by atoms with E-state index in [4.69, 9.17) is 5.26 Å². The van der Waals surface area contributed by atoms with Gasteiger partial charge in [0.05, 0.1) is 5.56 Å². The molecule has 3 heteroatoms. The highest BCUT2D eigenvalue weighted by molar-refractivity contribution is 7.10. The summed E-state index contributed by atoms with van der Waals surface area (Å²) in [5.74, 6) is 0. The number of nitriles is 1. The molecular weight excluding hydrogens is 192 g/mol. The van der Waals surface area contributed by atoms with E-state index in [-0.39, 0.29) is 5.54 Å². The van der Waals surface area contributed by atoms with E-state index in [9.17, 15) is 0 Å². The van der Waals surface area contributed by atoms with Gasteiger partial charge >= 0.3 is 0 Å². The van der Waals surface area contributed by atoms with E-state index in [1.54, 1.807) is 11.3 Å². The van der Waals surface area contributed by atoms with Gasteiger partial charge in [0.25, 0.3) is 0 Å². The maximum atomic E-state index is 8.66. The molecule has 0 aliphatic carbocycles. The van der Waals surface area contributed by atoms with Crippen molar-refractivity contribution in [1.29, 1.82) is 5.26 Å². The predicted molar refractivity (Wildman–Crippen MR) is 60.2 cm³/mol.